The average molecular weight is 318 g/mol. The lowest BCUT2D eigenvalue weighted by Crippen LogP contribution is -2.39. The summed E-state index contributed by atoms with van der Waals surface area (Å²) < 4.78 is 1.87. The molecule has 0 fully saturated rings. The van der Waals surface area contributed by atoms with Crippen LogP contribution in [0.4, 0.5) is 0 Å². The zero-order chi connectivity index (χ0) is 17.4. The Morgan fingerprint density at radius 3 is 2.70 bits per heavy atom. The van der Waals surface area contributed by atoms with Crippen LogP contribution in [0.2, 0.25) is 0 Å². The van der Waals surface area contributed by atoms with Crippen LogP contribution in [0.1, 0.15) is 56.2 Å². The van der Waals surface area contributed by atoms with E-state index in [-0.39, 0.29) is 18.5 Å². The molecule has 2 aromatic rings. The molecule has 0 spiro atoms. The summed E-state index contributed by atoms with van der Waals surface area (Å²) in [5.74, 6) is -0.133. The molecule has 1 unspecified atom stereocenters. The van der Waals surface area contributed by atoms with Gasteiger partial charge in [-0.3, -0.25) is 4.79 Å². The van der Waals surface area contributed by atoms with Gasteiger partial charge in [-0.15, -0.1) is 0 Å². The molecule has 126 valence electrons. The number of likely N-dealkylation sites (N-methyl/N-ethyl adjacent to an activating group) is 1. The minimum atomic E-state index is -0.938. The molecule has 6 heteroatoms. The molecule has 0 aliphatic carbocycles. The fourth-order valence-corrected chi connectivity index (χ4v) is 2.67. The van der Waals surface area contributed by atoms with Crippen molar-refractivity contribution in [2.24, 2.45) is 0 Å². The Labute approximate surface area is 137 Å². The molecule has 0 bridgehead atoms. The molecule has 0 radical (unpaired) electrons. The van der Waals surface area contributed by atoms with Gasteiger partial charge in [0.25, 0.3) is 5.91 Å². The van der Waals surface area contributed by atoms with E-state index in [1.54, 1.807) is 33.2 Å². The number of carbonyl (C=O) groups is 1. The van der Waals surface area contributed by atoms with Crippen molar-refractivity contribution in [1.82, 2.24) is 19.7 Å². The fraction of sp³-hybridized carbons (Fsp3) is 0.588. The molecule has 0 saturated carbocycles. The number of rotatable bonds is 5. The van der Waals surface area contributed by atoms with E-state index < -0.39 is 5.60 Å². The molecule has 1 N–H and O–H groups in total. The molecule has 2 heterocycles. The third kappa shape index (κ3) is 3.69. The number of aliphatic hydroxyl groups is 1. The van der Waals surface area contributed by atoms with Crippen molar-refractivity contribution in [3.63, 3.8) is 0 Å². The van der Waals surface area contributed by atoms with Gasteiger partial charge in [0.2, 0.25) is 0 Å². The molecule has 1 atom stereocenters. The summed E-state index contributed by atoms with van der Waals surface area (Å²) in [6.07, 6.45) is 2.65. The average Bonchev–Trinajstić information content (AvgIpc) is 2.86. The highest BCUT2D eigenvalue weighted by molar-refractivity contribution is 6.05. The minimum absolute atomic E-state index is 0.133. The van der Waals surface area contributed by atoms with E-state index in [2.05, 4.69) is 23.9 Å². The lowest BCUT2D eigenvalue weighted by molar-refractivity contribution is 0.0369. The summed E-state index contributed by atoms with van der Waals surface area (Å²) in [6.45, 7) is 9.68. The van der Waals surface area contributed by atoms with E-state index in [9.17, 15) is 9.90 Å². The van der Waals surface area contributed by atoms with Gasteiger partial charge in [0.1, 0.15) is 0 Å². The SMILES string of the molecule is CCC(C)n1ncc2c(C(=O)N(C)CC(C)(C)O)cc(C)nc21. The largest absolute Gasteiger partial charge is 0.389 e. The highest BCUT2D eigenvalue weighted by atomic mass is 16.3. The quantitative estimate of drug-likeness (QED) is 0.919. The first-order chi connectivity index (χ1) is 10.6. The first kappa shape index (κ1) is 17.4. The van der Waals surface area contributed by atoms with Gasteiger partial charge in [-0.05, 0) is 40.2 Å². The molecular weight excluding hydrogens is 292 g/mol. The van der Waals surface area contributed by atoms with Crippen LogP contribution in [0, 0.1) is 6.92 Å². The maximum Gasteiger partial charge on any atom is 0.254 e. The number of aromatic nitrogens is 3. The van der Waals surface area contributed by atoms with Crippen molar-refractivity contribution in [3.05, 3.63) is 23.5 Å². The van der Waals surface area contributed by atoms with Crippen molar-refractivity contribution in [2.75, 3.05) is 13.6 Å². The lowest BCUT2D eigenvalue weighted by atomic mass is 10.1. The Kier molecular flexibility index (Phi) is 4.75. The first-order valence-electron chi connectivity index (χ1n) is 7.96. The smallest absolute Gasteiger partial charge is 0.254 e. The number of hydrogen-bond donors (Lipinski definition) is 1. The predicted molar refractivity (Wildman–Crippen MR) is 90.5 cm³/mol. The molecule has 1 amide bonds. The standard InChI is InChI=1S/C17H26N4O2/c1-7-12(3)21-15-14(9-18-21)13(8-11(2)19-15)16(22)20(6)10-17(4,5)23/h8-9,12,23H,7,10H2,1-6H3. The van der Waals surface area contributed by atoms with Crippen LogP contribution in [0.5, 0.6) is 0 Å². The van der Waals surface area contributed by atoms with Gasteiger partial charge >= 0.3 is 0 Å². The van der Waals surface area contributed by atoms with E-state index >= 15 is 0 Å². The molecular formula is C17H26N4O2. The van der Waals surface area contributed by atoms with Crippen LogP contribution < -0.4 is 0 Å². The first-order valence-corrected chi connectivity index (χ1v) is 7.96. The molecule has 0 aliphatic heterocycles. The van der Waals surface area contributed by atoms with Crippen molar-refractivity contribution < 1.29 is 9.90 Å². The highest BCUT2D eigenvalue weighted by Gasteiger charge is 2.23. The normalized spacial score (nSPS) is 13.3. The summed E-state index contributed by atoms with van der Waals surface area (Å²) in [5.41, 5.74) is 1.16. The van der Waals surface area contributed by atoms with Crippen molar-refractivity contribution in [1.29, 1.82) is 0 Å². The Balaban J connectivity index is 2.49. The lowest BCUT2D eigenvalue weighted by Gasteiger charge is -2.25. The van der Waals surface area contributed by atoms with Crippen LogP contribution in [0.25, 0.3) is 11.0 Å². The number of nitrogens with zero attached hydrogens (tertiary/aromatic N) is 4. The van der Waals surface area contributed by atoms with Gasteiger partial charge in [0.15, 0.2) is 5.65 Å². The second-order valence-electron chi connectivity index (χ2n) is 6.87. The molecule has 0 aliphatic rings. The van der Waals surface area contributed by atoms with Gasteiger partial charge in [-0.2, -0.15) is 5.10 Å². The number of pyridine rings is 1. The highest BCUT2D eigenvalue weighted by Crippen LogP contribution is 2.23. The second kappa shape index (κ2) is 6.28. The zero-order valence-electron chi connectivity index (χ0n) is 14.8. The van der Waals surface area contributed by atoms with E-state index in [1.807, 2.05) is 11.6 Å². The van der Waals surface area contributed by atoms with Crippen LogP contribution in [-0.2, 0) is 0 Å². The van der Waals surface area contributed by atoms with Crippen molar-refractivity contribution >= 4 is 16.9 Å². The minimum Gasteiger partial charge on any atom is -0.389 e. The summed E-state index contributed by atoms with van der Waals surface area (Å²) in [6, 6.07) is 2.01. The van der Waals surface area contributed by atoms with Crippen molar-refractivity contribution in [2.45, 2.75) is 52.7 Å². The molecule has 6 nitrogen and oxygen atoms in total. The van der Waals surface area contributed by atoms with Gasteiger partial charge in [-0.25, -0.2) is 9.67 Å². The van der Waals surface area contributed by atoms with Crippen LogP contribution in [-0.4, -0.2) is 49.9 Å². The fourth-order valence-electron chi connectivity index (χ4n) is 2.67. The predicted octanol–water partition coefficient (Wildman–Crippen LogP) is 2.55. The monoisotopic (exact) mass is 318 g/mol. The second-order valence-corrected chi connectivity index (χ2v) is 6.87. The van der Waals surface area contributed by atoms with Gasteiger partial charge in [-0.1, -0.05) is 6.92 Å². The Morgan fingerprint density at radius 1 is 1.48 bits per heavy atom. The van der Waals surface area contributed by atoms with Gasteiger partial charge in [0.05, 0.1) is 28.8 Å². The van der Waals surface area contributed by atoms with E-state index in [0.29, 0.717) is 5.56 Å². The van der Waals surface area contributed by atoms with Gasteiger partial charge in [0, 0.05) is 19.3 Å². The third-order valence-electron chi connectivity index (χ3n) is 3.90. The number of carbonyl (C=O) groups excluding carboxylic acids is 1. The number of aryl methyl sites for hydroxylation is 1. The Morgan fingerprint density at radius 2 is 2.13 bits per heavy atom. The maximum absolute atomic E-state index is 12.8. The van der Waals surface area contributed by atoms with E-state index in [4.69, 9.17) is 0 Å². The molecule has 23 heavy (non-hydrogen) atoms. The third-order valence-corrected chi connectivity index (χ3v) is 3.90. The Bertz CT molecular complexity index is 715. The van der Waals surface area contributed by atoms with Crippen molar-refractivity contribution in [3.8, 4) is 0 Å². The number of fused-ring (bicyclic) bond motifs is 1. The molecule has 0 aromatic carbocycles. The summed E-state index contributed by atoms with van der Waals surface area (Å²) >= 11 is 0. The molecule has 2 rings (SSSR count). The topological polar surface area (TPSA) is 71.2 Å². The van der Waals surface area contributed by atoms with E-state index in [0.717, 1.165) is 23.1 Å². The van der Waals surface area contributed by atoms with E-state index in [1.165, 1.54) is 4.90 Å². The zero-order valence-corrected chi connectivity index (χ0v) is 14.8. The summed E-state index contributed by atoms with van der Waals surface area (Å²) in [4.78, 5) is 18.9. The Hall–Kier alpha value is -1.95. The van der Waals surface area contributed by atoms with Crippen LogP contribution >= 0.6 is 0 Å². The van der Waals surface area contributed by atoms with Crippen LogP contribution in [0.15, 0.2) is 12.3 Å². The van der Waals surface area contributed by atoms with Crippen LogP contribution in [0.3, 0.4) is 0 Å². The summed E-state index contributed by atoms with van der Waals surface area (Å²) in [7, 11) is 1.70. The molecule has 0 saturated heterocycles. The maximum atomic E-state index is 12.8. The molecule has 2 aromatic heterocycles. The number of hydrogen-bond acceptors (Lipinski definition) is 4. The van der Waals surface area contributed by atoms with Gasteiger partial charge < -0.3 is 10.0 Å². The number of amides is 1. The summed E-state index contributed by atoms with van der Waals surface area (Å²) in [5, 5.41) is 15.1.